The lowest BCUT2D eigenvalue weighted by Crippen LogP contribution is -2.26. The third kappa shape index (κ3) is 7.07. The monoisotopic (exact) mass is 312 g/mol. The van der Waals surface area contributed by atoms with Crippen molar-refractivity contribution in [2.45, 2.75) is 57.5 Å². The molecule has 1 saturated carbocycles. The molecule has 0 aliphatic heterocycles. The number of hydrogen-bond acceptors (Lipinski definition) is 5. The van der Waals surface area contributed by atoms with Crippen LogP contribution in [0.2, 0.25) is 0 Å². The second-order valence-electron chi connectivity index (χ2n) is 5.59. The van der Waals surface area contributed by atoms with Gasteiger partial charge >= 0.3 is 11.9 Å². The summed E-state index contributed by atoms with van der Waals surface area (Å²) in [6.07, 6.45) is 12.7. The van der Waals surface area contributed by atoms with Crippen molar-refractivity contribution in [2.24, 2.45) is 5.92 Å². The standard InChI is InChI=1S/C17H28O5/c1-20-16(18)15(17(19)21-2)12-8-3-4-9-13-22-14-10-6-5-7-11-14/h4,9,14-15H,3,5-8,10-13H2,1-2H3/b9-4+. The Labute approximate surface area is 133 Å². The Morgan fingerprint density at radius 2 is 1.68 bits per heavy atom. The van der Waals surface area contributed by atoms with Crippen LogP contribution < -0.4 is 0 Å². The first-order chi connectivity index (χ1) is 10.7. The van der Waals surface area contributed by atoms with Crippen LogP contribution in [0.3, 0.4) is 0 Å². The third-order valence-corrected chi connectivity index (χ3v) is 3.98. The Bertz CT molecular complexity index is 342. The summed E-state index contributed by atoms with van der Waals surface area (Å²) in [5.41, 5.74) is 0. The SMILES string of the molecule is COC(=O)C(CCC/C=C/COC1CCCCC1)C(=O)OC. The summed E-state index contributed by atoms with van der Waals surface area (Å²) in [6.45, 7) is 0.641. The lowest BCUT2D eigenvalue weighted by atomic mass is 9.98. The lowest BCUT2D eigenvalue weighted by Gasteiger charge is -2.21. The molecular formula is C17H28O5. The maximum atomic E-state index is 11.5. The average molecular weight is 312 g/mol. The van der Waals surface area contributed by atoms with Crippen molar-refractivity contribution in [3.8, 4) is 0 Å². The molecule has 0 atom stereocenters. The normalized spacial score (nSPS) is 16.1. The summed E-state index contributed by atoms with van der Waals surface area (Å²) >= 11 is 0. The van der Waals surface area contributed by atoms with Gasteiger partial charge in [-0.25, -0.2) is 0 Å². The van der Waals surface area contributed by atoms with E-state index in [1.807, 2.05) is 12.2 Å². The van der Waals surface area contributed by atoms with E-state index in [0.29, 0.717) is 19.1 Å². The van der Waals surface area contributed by atoms with Gasteiger partial charge in [0.25, 0.3) is 0 Å². The van der Waals surface area contributed by atoms with Crippen LogP contribution in [0.5, 0.6) is 0 Å². The maximum absolute atomic E-state index is 11.5. The highest BCUT2D eigenvalue weighted by atomic mass is 16.5. The lowest BCUT2D eigenvalue weighted by molar-refractivity contribution is -0.159. The van der Waals surface area contributed by atoms with E-state index in [2.05, 4.69) is 9.47 Å². The molecule has 22 heavy (non-hydrogen) atoms. The third-order valence-electron chi connectivity index (χ3n) is 3.98. The first-order valence-corrected chi connectivity index (χ1v) is 8.11. The number of allylic oxidation sites excluding steroid dienone is 1. The van der Waals surface area contributed by atoms with Gasteiger partial charge in [0.2, 0.25) is 0 Å². The van der Waals surface area contributed by atoms with Crippen molar-refractivity contribution in [1.82, 2.24) is 0 Å². The molecule has 0 N–H and O–H groups in total. The van der Waals surface area contributed by atoms with Crippen LogP contribution in [0.25, 0.3) is 0 Å². The van der Waals surface area contributed by atoms with E-state index in [4.69, 9.17) is 4.74 Å². The van der Waals surface area contributed by atoms with Gasteiger partial charge < -0.3 is 14.2 Å². The summed E-state index contributed by atoms with van der Waals surface area (Å²) in [6, 6.07) is 0. The molecule has 126 valence electrons. The van der Waals surface area contributed by atoms with Crippen molar-refractivity contribution in [3.05, 3.63) is 12.2 Å². The molecule has 0 aromatic carbocycles. The molecule has 0 heterocycles. The minimum absolute atomic E-state index is 0.418. The zero-order valence-electron chi connectivity index (χ0n) is 13.7. The number of carbonyl (C=O) groups excluding carboxylic acids is 2. The van der Waals surface area contributed by atoms with E-state index >= 15 is 0 Å². The molecule has 1 rings (SSSR count). The number of ether oxygens (including phenoxy) is 3. The molecule has 0 aromatic rings. The number of methoxy groups -OCH3 is 2. The molecular weight excluding hydrogens is 284 g/mol. The summed E-state index contributed by atoms with van der Waals surface area (Å²) in [5.74, 6) is -1.88. The number of carbonyl (C=O) groups is 2. The zero-order chi connectivity index (χ0) is 16.2. The quantitative estimate of drug-likeness (QED) is 0.283. The maximum Gasteiger partial charge on any atom is 0.320 e. The van der Waals surface area contributed by atoms with Gasteiger partial charge in [-0.2, -0.15) is 0 Å². The molecule has 1 aliphatic carbocycles. The molecule has 1 aliphatic rings. The van der Waals surface area contributed by atoms with Crippen LogP contribution in [0, 0.1) is 5.92 Å². The van der Waals surface area contributed by atoms with Crippen molar-refractivity contribution in [3.63, 3.8) is 0 Å². The second-order valence-corrected chi connectivity index (χ2v) is 5.59. The minimum Gasteiger partial charge on any atom is -0.468 e. The molecule has 0 saturated heterocycles. The Morgan fingerprint density at radius 3 is 2.27 bits per heavy atom. The van der Waals surface area contributed by atoms with E-state index in [9.17, 15) is 9.59 Å². The summed E-state index contributed by atoms with van der Waals surface area (Å²) in [4.78, 5) is 23.0. The number of rotatable bonds is 9. The van der Waals surface area contributed by atoms with E-state index < -0.39 is 17.9 Å². The van der Waals surface area contributed by atoms with Crippen LogP contribution in [0.1, 0.15) is 51.4 Å². The predicted octanol–water partition coefficient (Wildman–Crippen LogP) is 3.02. The Hall–Kier alpha value is -1.36. The molecule has 5 nitrogen and oxygen atoms in total. The van der Waals surface area contributed by atoms with Gasteiger partial charge in [0.05, 0.1) is 26.9 Å². The molecule has 0 amide bonds. The van der Waals surface area contributed by atoms with Crippen LogP contribution in [-0.4, -0.2) is 38.9 Å². The van der Waals surface area contributed by atoms with Gasteiger partial charge in [0.15, 0.2) is 5.92 Å². The highest BCUT2D eigenvalue weighted by Gasteiger charge is 2.27. The van der Waals surface area contributed by atoms with Gasteiger partial charge in [-0.1, -0.05) is 31.4 Å². The van der Waals surface area contributed by atoms with Crippen LogP contribution in [-0.2, 0) is 23.8 Å². The van der Waals surface area contributed by atoms with Gasteiger partial charge in [-0.05, 0) is 32.1 Å². The summed E-state index contributed by atoms with van der Waals surface area (Å²) in [5, 5.41) is 0. The predicted molar refractivity (Wildman–Crippen MR) is 83.3 cm³/mol. The largest absolute Gasteiger partial charge is 0.468 e. The fraction of sp³-hybridized carbons (Fsp3) is 0.765. The first kappa shape index (κ1) is 18.7. The molecule has 0 spiro atoms. The molecule has 5 heteroatoms. The fourth-order valence-electron chi connectivity index (χ4n) is 2.67. The van der Waals surface area contributed by atoms with E-state index in [1.54, 1.807) is 0 Å². The summed E-state index contributed by atoms with van der Waals surface area (Å²) < 4.78 is 15.0. The highest BCUT2D eigenvalue weighted by molar-refractivity contribution is 5.94. The molecule has 1 fully saturated rings. The number of hydrogen-bond donors (Lipinski definition) is 0. The second kappa shape index (κ2) is 11.2. The molecule has 0 aromatic heterocycles. The van der Waals surface area contributed by atoms with E-state index in [1.165, 1.54) is 46.3 Å². The van der Waals surface area contributed by atoms with Gasteiger partial charge in [0.1, 0.15) is 0 Å². The van der Waals surface area contributed by atoms with Gasteiger partial charge in [0, 0.05) is 0 Å². The average Bonchev–Trinajstić information content (AvgIpc) is 2.57. The smallest absolute Gasteiger partial charge is 0.320 e. The topological polar surface area (TPSA) is 61.8 Å². The van der Waals surface area contributed by atoms with Crippen LogP contribution >= 0.6 is 0 Å². The summed E-state index contributed by atoms with van der Waals surface area (Å²) in [7, 11) is 2.56. The van der Waals surface area contributed by atoms with Crippen LogP contribution in [0.15, 0.2) is 12.2 Å². The number of esters is 2. The Balaban J connectivity index is 2.15. The first-order valence-electron chi connectivity index (χ1n) is 8.11. The molecule has 0 bridgehead atoms. The van der Waals surface area contributed by atoms with Gasteiger partial charge in [-0.15, -0.1) is 0 Å². The van der Waals surface area contributed by atoms with E-state index in [0.717, 1.165) is 12.8 Å². The van der Waals surface area contributed by atoms with Gasteiger partial charge in [-0.3, -0.25) is 9.59 Å². The van der Waals surface area contributed by atoms with Crippen molar-refractivity contribution in [1.29, 1.82) is 0 Å². The Morgan fingerprint density at radius 1 is 1.05 bits per heavy atom. The van der Waals surface area contributed by atoms with Crippen molar-refractivity contribution >= 4 is 11.9 Å². The number of unbranched alkanes of at least 4 members (excludes halogenated alkanes) is 1. The zero-order valence-corrected chi connectivity index (χ0v) is 13.7. The van der Waals surface area contributed by atoms with E-state index in [-0.39, 0.29) is 0 Å². The molecule has 0 radical (unpaired) electrons. The fourth-order valence-corrected chi connectivity index (χ4v) is 2.67. The van der Waals surface area contributed by atoms with Crippen molar-refractivity contribution < 1.29 is 23.8 Å². The molecule has 0 unspecified atom stereocenters. The minimum atomic E-state index is -0.818. The Kier molecular flexibility index (Phi) is 9.55. The van der Waals surface area contributed by atoms with Crippen LogP contribution in [0.4, 0.5) is 0 Å². The highest BCUT2D eigenvalue weighted by Crippen LogP contribution is 2.20. The van der Waals surface area contributed by atoms with Crippen molar-refractivity contribution in [2.75, 3.05) is 20.8 Å².